The molecule has 4 heteroatoms. The number of phenolic OH excluding ortho intramolecular Hbond substituents is 1. The minimum absolute atomic E-state index is 0.124. The van der Waals surface area contributed by atoms with Gasteiger partial charge in [-0.15, -0.1) is 0 Å². The first-order valence-corrected chi connectivity index (χ1v) is 7.11. The predicted molar refractivity (Wildman–Crippen MR) is 84.0 cm³/mol. The molecule has 2 aromatic carbocycles. The maximum Gasteiger partial charge on any atom is 0.342 e. The van der Waals surface area contributed by atoms with Gasteiger partial charge in [0.1, 0.15) is 22.7 Å². The second-order valence-electron chi connectivity index (χ2n) is 4.98. The van der Waals surface area contributed by atoms with E-state index in [1.165, 1.54) is 0 Å². The van der Waals surface area contributed by atoms with Crippen LogP contribution in [0.2, 0.25) is 0 Å². The average Bonchev–Trinajstić information content (AvgIpc) is 2.92. The van der Waals surface area contributed by atoms with Crippen LogP contribution in [0, 0.1) is 6.92 Å². The van der Waals surface area contributed by atoms with Crippen molar-refractivity contribution in [2.24, 2.45) is 0 Å². The molecule has 112 valence electrons. The van der Waals surface area contributed by atoms with Crippen LogP contribution in [-0.2, 0) is 4.74 Å². The topological polar surface area (TPSA) is 59.7 Å². The summed E-state index contributed by atoms with van der Waals surface area (Å²) in [6, 6.07) is 12.6. The summed E-state index contributed by atoms with van der Waals surface area (Å²) in [4.78, 5) is 12.4. The summed E-state index contributed by atoms with van der Waals surface area (Å²) >= 11 is 0. The van der Waals surface area contributed by atoms with Gasteiger partial charge in [-0.05, 0) is 26.0 Å². The Morgan fingerprint density at radius 2 is 1.91 bits per heavy atom. The summed E-state index contributed by atoms with van der Waals surface area (Å²) in [7, 11) is 0. The summed E-state index contributed by atoms with van der Waals surface area (Å²) in [6.45, 7) is 3.79. The Labute approximate surface area is 127 Å². The number of hydrogen-bond donors (Lipinski definition) is 1. The highest BCUT2D eigenvalue weighted by molar-refractivity contribution is 6.10. The van der Waals surface area contributed by atoms with E-state index in [2.05, 4.69) is 0 Å². The van der Waals surface area contributed by atoms with E-state index in [1.54, 1.807) is 26.0 Å². The molecule has 0 atom stereocenters. The van der Waals surface area contributed by atoms with Crippen LogP contribution in [0.1, 0.15) is 22.8 Å². The molecular weight excluding hydrogens is 280 g/mol. The molecule has 0 saturated carbocycles. The van der Waals surface area contributed by atoms with Crippen molar-refractivity contribution >= 4 is 16.9 Å². The van der Waals surface area contributed by atoms with Gasteiger partial charge in [-0.25, -0.2) is 4.79 Å². The standard InChI is InChI=1S/C18H16O4/c1-3-21-18(20)16-15-11(2)13(19)9-10-14(15)22-17(16)12-7-5-4-6-8-12/h4-10,19H,3H2,1-2H3. The highest BCUT2D eigenvalue weighted by atomic mass is 16.5. The van der Waals surface area contributed by atoms with E-state index in [9.17, 15) is 9.90 Å². The number of hydrogen-bond acceptors (Lipinski definition) is 4. The zero-order valence-corrected chi connectivity index (χ0v) is 12.4. The van der Waals surface area contributed by atoms with Gasteiger partial charge in [0, 0.05) is 16.5 Å². The number of rotatable bonds is 3. The maximum absolute atomic E-state index is 12.4. The second kappa shape index (κ2) is 5.56. The Morgan fingerprint density at radius 3 is 2.59 bits per heavy atom. The molecule has 0 bridgehead atoms. The third-order valence-corrected chi connectivity index (χ3v) is 3.60. The summed E-state index contributed by atoms with van der Waals surface area (Å²) < 4.78 is 11.0. The van der Waals surface area contributed by atoms with Crippen molar-refractivity contribution in [3.63, 3.8) is 0 Å². The molecule has 3 rings (SSSR count). The number of phenols is 1. The van der Waals surface area contributed by atoms with Gasteiger partial charge >= 0.3 is 5.97 Å². The highest BCUT2D eigenvalue weighted by Gasteiger charge is 2.25. The molecule has 0 spiro atoms. The molecular formula is C18H16O4. The highest BCUT2D eigenvalue weighted by Crippen LogP contribution is 2.38. The monoisotopic (exact) mass is 296 g/mol. The van der Waals surface area contributed by atoms with E-state index in [4.69, 9.17) is 9.15 Å². The van der Waals surface area contributed by atoms with E-state index in [0.717, 1.165) is 5.56 Å². The number of fused-ring (bicyclic) bond motifs is 1. The van der Waals surface area contributed by atoms with E-state index >= 15 is 0 Å². The molecule has 1 aromatic heterocycles. The van der Waals surface area contributed by atoms with Crippen molar-refractivity contribution in [1.82, 2.24) is 0 Å². The third kappa shape index (κ3) is 2.22. The van der Waals surface area contributed by atoms with Gasteiger partial charge in [-0.1, -0.05) is 30.3 Å². The van der Waals surface area contributed by atoms with Crippen LogP contribution in [0.25, 0.3) is 22.3 Å². The van der Waals surface area contributed by atoms with Gasteiger partial charge in [0.05, 0.1) is 6.61 Å². The van der Waals surface area contributed by atoms with Gasteiger partial charge in [0.15, 0.2) is 0 Å². The zero-order valence-electron chi connectivity index (χ0n) is 12.4. The molecule has 0 fully saturated rings. The molecule has 3 aromatic rings. The van der Waals surface area contributed by atoms with Gasteiger partial charge in [-0.2, -0.15) is 0 Å². The molecule has 4 nitrogen and oxygen atoms in total. The Balaban J connectivity index is 2.35. The van der Waals surface area contributed by atoms with Crippen molar-refractivity contribution in [2.75, 3.05) is 6.61 Å². The fourth-order valence-electron chi connectivity index (χ4n) is 2.54. The second-order valence-corrected chi connectivity index (χ2v) is 4.98. The van der Waals surface area contributed by atoms with Crippen LogP contribution < -0.4 is 0 Å². The first-order valence-electron chi connectivity index (χ1n) is 7.11. The molecule has 0 aliphatic heterocycles. The Bertz CT molecular complexity index is 831. The molecule has 1 heterocycles. The zero-order chi connectivity index (χ0) is 15.7. The van der Waals surface area contributed by atoms with Crippen molar-refractivity contribution in [3.05, 3.63) is 53.6 Å². The molecule has 0 unspecified atom stereocenters. The minimum atomic E-state index is -0.450. The molecule has 0 saturated heterocycles. The molecule has 0 aliphatic rings. The largest absolute Gasteiger partial charge is 0.508 e. The smallest absolute Gasteiger partial charge is 0.342 e. The predicted octanol–water partition coefficient (Wildman–Crippen LogP) is 4.29. The fourth-order valence-corrected chi connectivity index (χ4v) is 2.54. The number of benzene rings is 2. The van der Waals surface area contributed by atoms with Crippen LogP contribution in [0.15, 0.2) is 46.9 Å². The lowest BCUT2D eigenvalue weighted by Crippen LogP contribution is -2.05. The summed E-state index contributed by atoms with van der Waals surface area (Å²) in [5, 5.41) is 10.5. The number of aryl methyl sites for hydroxylation is 1. The lowest BCUT2D eigenvalue weighted by molar-refractivity contribution is 0.0528. The molecule has 22 heavy (non-hydrogen) atoms. The first-order chi connectivity index (χ1) is 10.6. The molecule has 0 aliphatic carbocycles. The van der Waals surface area contributed by atoms with Crippen molar-refractivity contribution in [3.8, 4) is 17.1 Å². The number of aromatic hydroxyl groups is 1. The van der Waals surface area contributed by atoms with Crippen molar-refractivity contribution in [1.29, 1.82) is 0 Å². The van der Waals surface area contributed by atoms with Crippen LogP contribution in [0.5, 0.6) is 5.75 Å². The van der Waals surface area contributed by atoms with Crippen LogP contribution >= 0.6 is 0 Å². The number of furan rings is 1. The molecule has 0 radical (unpaired) electrons. The summed E-state index contributed by atoms with van der Waals surface area (Å²) in [5.41, 5.74) is 2.31. The Kier molecular flexibility index (Phi) is 3.59. The lowest BCUT2D eigenvalue weighted by atomic mass is 10.0. The van der Waals surface area contributed by atoms with Gasteiger partial charge in [0.25, 0.3) is 0 Å². The van der Waals surface area contributed by atoms with Crippen LogP contribution in [0.3, 0.4) is 0 Å². The van der Waals surface area contributed by atoms with E-state index < -0.39 is 5.97 Å². The number of carbonyl (C=O) groups is 1. The third-order valence-electron chi connectivity index (χ3n) is 3.60. The quantitative estimate of drug-likeness (QED) is 0.732. The normalized spacial score (nSPS) is 10.8. The van der Waals surface area contributed by atoms with E-state index in [0.29, 0.717) is 27.9 Å². The number of esters is 1. The number of carbonyl (C=O) groups excluding carboxylic acids is 1. The fraction of sp³-hybridized carbons (Fsp3) is 0.167. The summed E-state index contributed by atoms with van der Waals surface area (Å²) in [6.07, 6.45) is 0. The maximum atomic E-state index is 12.4. The Morgan fingerprint density at radius 1 is 1.18 bits per heavy atom. The van der Waals surface area contributed by atoms with Crippen LogP contribution in [-0.4, -0.2) is 17.7 Å². The van der Waals surface area contributed by atoms with E-state index in [-0.39, 0.29) is 12.4 Å². The van der Waals surface area contributed by atoms with Gasteiger partial charge in [-0.3, -0.25) is 0 Å². The van der Waals surface area contributed by atoms with Crippen molar-refractivity contribution in [2.45, 2.75) is 13.8 Å². The SMILES string of the molecule is CCOC(=O)c1c(-c2ccccc2)oc2ccc(O)c(C)c12. The van der Waals surface area contributed by atoms with Crippen LogP contribution in [0.4, 0.5) is 0 Å². The van der Waals surface area contributed by atoms with Crippen molar-refractivity contribution < 1.29 is 19.1 Å². The average molecular weight is 296 g/mol. The molecule has 1 N–H and O–H groups in total. The lowest BCUT2D eigenvalue weighted by Gasteiger charge is -2.05. The number of ether oxygens (including phenoxy) is 1. The Hall–Kier alpha value is -2.75. The summed E-state index contributed by atoms with van der Waals surface area (Å²) in [5.74, 6) is 0.134. The minimum Gasteiger partial charge on any atom is -0.508 e. The van der Waals surface area contributed by atoms with Gasteiger partial charge < -0.3 is 14.3 Å². The van der Waals surface area contributed by atoms with E-state index in [1.807, 2.05) is 30.3 Å². The van der Waals surface area contributed by atoms with Gasteiger partial charge in [0.2, 0.25) is 0 Å². The molecule has 0 amide bonds. The first kappa shape index (κ1) is 14.2.